The van der Waals surface area contributed by atoms with Gasteiger partial charge in [0.25, 0.3) is 10.0 Å². The summed E-state index contributed by atoms with van der Waals surface area (Å²) in [6, 6.07) is 17.3. The molecular formula is C30H32IN3O4S. The fourth-order valence-corrected chi connectivity index (χ4v) is 7.07. The maximum atomic E-state index is 13.3. The molecule has 0 aliphatic carbocycles. The maximum absolute atomic E-state index is 13.3. The molecule has 0 saturated carbocycles. The Labute approximate surface area is 243 Å². The number of rotatable bonds is 4. The van der Waals surface area contributed by atoms with Gasteiger partial charge in [0.1, 0.15) is 5.60 Å². The number of benzene rings is 2. The van der Waals surface area contributed by atoms with Crippen molar-refractivity contribution in [3.05, 3.63) is 81.7 Å². The van der Waals surface area contributed by atoms with Crippen LogP contribution >= 0.6 is 22.6 Å². The molecule has 204 valence electrons. The summed E-state index contributed by atoms with van der Waals surface area (Å²) in [7, 11) is -3.76. The Morgan fingerprint density at radius 1 is 1.00 bits per heavy atom. The Balaban J connectivity index is 1.33. The molecule has 7 nitrogen and oxygen atoms in total. The van der Waals surface area contributed by atoms with E-state index < -0.39 is 15.6 Å². The number of amides is 1. The summed E-state index contributed by atoms with van der Waals surface area (Å²) in [6.45, 7) is 8.95. The van der Waals surface area contributed by atoms with Crippen molar-refractivity contribution in [2.45, 2.75) is 57.0 Å². The number of nitrogens with zero attached hydrogens (tertiary/aromatic N) is 3. The van der Waals surface area contributed by atoms with Gasteiger partial charge < -0.3 is 9.64 Å². The van der Waals surface area contributed by atoms with Crippen molar-refractivity contribution in [1.29, 1.82) is 0 Å². The van der Waals surface area contributed by atoms with Gasteiger partial charge in [-0.05, 0) is 98.4 Å². The second kappa shape index (κ2) is 10.6. The van der Waals surface area contributed by atoms with Crippen LogP contribution in [0.25, 0.3) is 22.2 Å². The van der Waals surface area contributed by atoms with Crippen LogP contribution in [0.15, 0.2) is 71.9 Å². The molecule has 0 radical (unpaired) electrons. The number of fused-ring (bicyclic) bond motifs is 1. The van der Waals surface area contributed by atoms with Gasteiger partial charge in [-0.25, -0.2) is 22.2 Å². The van der Waals surface area contributed by atoms with Crippen LogP contribution in [0.3, 0.4) is 0 Å². The van der Waals surface area contributed by atoms with Crippen molar-refractivity contribution in [2.75, 3.05) is 13.1 Å². The molecule has 0 bridgehead atoms. The molecule has 0 N–H and O–H groups in total. The molecule has 2 aromatic heterocycles. The Morgan fingerprint density at radius 3 is 2.26 bits per heavy atom. The van der Waals surface area contributed by atoms with Crippen LogP contribution in [0.5, 0.6) is 0 Å². The molecule has 1 saturated heterocycles. The molecule has 0 spiro atoms. The van der Waals surface area contributed by atoms with Crippen LogP contribution in [0.2, 0.25) is 0 Å². The van der Waals surface area contributed by atoms with Gasteiger partial charge in [0, 0.05) is 40.0 Å². The second-order valence-electron chi connectivity index (χ2n) is 11.0. The first kappa shape index (κ1) is 27.6. The first-order chi connectivity index (χ1) is 18.4. The van der Waals surface area contributed by atoms with Gasteiger partial charge in [-0.1, -0.05) is 42.0 Å². The first-order valence-corrected chi connectivity index (χ1v) is 15.5. The van der Waals surface area contributed by atoms with Crippen molar-refractivity contribution < 1.29 is 17.9 Å². The molecule has 3 heterocycles. The Morgan fingerprint density at radius 2 is 1.64 bits per heavy atom. The normalized spacial score (nSPS) is 15.1. The molecule has 1 aliphatic rings. The number of aromatic nitrogens is 2. The standard InChI is InChI=1S/C30H32IN3O4S/c1-20-5-11-25(12-6-20)39(36,37)34-19-27(31)26-17-24(18-32-28(26)34)22-9-7-21(8-10-22)23-13-15-33(16-14-23)29(35)38-30(2,3)4/h5-12,17-19,23H,13-16H2,1-4H3. The predicted molar refractivity (Wildman–Crippen MR) is 161 cm³/mol. The number of pyridine rings is 1. The molecule has 0 atom stereocenters. The molecular weight excluding hydrogens is 625 g/mol. The molecule has 39 heavy (non-hydrogen) atoms. The maximum Gasteiger partial charge on any atom is 0.410 e. The minimum absolute atomic E-state index is 0.236. The molecule has 0 unspecified atom stereocenters. The number of ether oxygens (including phenoxy) is 1. The van der Waals surface area contributed by atoms with Crippen molar-refractivity contribution in [1.82, 2.24) is 13.9 Å². The zero-order chi connectivity index (χ0) is 27.9. The number of hydrogen-bond donors (Lipinski definition) is 0. The van der Waals surface area contributed by atoms with Crippen LogP contribution in [-0.4, -0.2) is 47.1 Å². The number of aryl methyl sites for hydroxylation is 1. The van der Waals surface area contributed by atoms with E-state index in [1.807, 2.05) is 33.8 Å². The van der Waals surface area contributed by atoms with Gasteiger partial charge in [-0.15, -0.1) is 0 Å². The lowest BCUT2D eigenvalue weighted by molar-refractivity contribution is 0.0205. The van der Waals surface area contributed by atoms with Crippen LogP contribution in [0.4, 0.5) is 4.79 Å². The van der Waals surface area contributed by atoms with E-state index in [2.05, 4.69) is 51.8 Å². The van der Waals surface area contributed by atoms with Crippen LogP contribution < -0.4 is 0 Å². The van der Waals surface area contributed by atoms with E-state index >= 15 is 0 Å². The number of hydrogen-bond acceptors (Lipinski definition) is 5. The third-order valence-electron chi connectivity index (χ3n) is 7.00. The molecule has 2 aromatic carbocycles. The van der Waals surface area contributed by atoms with Gasteiger partial charge in [0.05, 0.1) is 4.90 Å². The highest BCUT2D eigenvalue weighted by atomic mass is 127. The summed E-state index contributed by atoms with van der Waals surface area (Å²) in [5, 5.41) is 0.794. The highest BCUT2D eigenvalue weighted by Crippen LogP contribution is 2.33. The predicted octanol–water partition coefficient (Wildman–Crippen LogP) is 6.97. The molecule has 9 heteroatoms. The molecule has 1 fully saturated rings. The van der Waals surface area contributed by atoms with Gasteiger partial charge >= 0.3 is 6.09 Å². The zero-order valence-corrected chi connectivity index (χ0v) is 25.5. The van der Waals surface area contributed by atoms with Crippen LogP contribution in [0, 0.1) is 10.5 Å². The number of carbonyl (C=O) groups excluding carboxylic acids is 1. The van der Waals surface area contributed by atoms with E-state index in [0.29, 0.717) is 24.7 Å². The average Bonchev–Trinajstić information content (AvgIpc) is 3.25. The van der Waals surface area contributed by atoms with E-state index in [9.17, 15) is 13.2 Å². The first-order valence-electron chi connectivity index (χ1n) is 13.0. The molecule has 5 rings (SSSR count). The fraction of sp³-hybridized carbons (Fsp3) is 0.333. The fourth-order valence-electron chi connectivity index (χ4n) is 4.88. The number of likely N-dealkylation sites (tertiary alicyclic amines) is 1. The van der Waals surface area contributed by atoms with Gasteiger partial charge in [-0.3, -0.25) is 0 Å². The summed E-state index contributed by atoms with van der Waals surface area (Å²) in [5.74, 6) is 0.389. The lowest BCUT2D eigenvalue weighted by Crippen LogP contribution is -2.41. The SMILES string of the molecule is Cc1ccc(S(=O)(=O)n2cc(I)c3cc(-c4ccc(C5CCN(C(=O)OC(C)(C)C)CC5)cc4)cnc32)cc1. The van der Waals surface area contributed by atoms with E-state index in [1.165, 1.54) is 9.54 Å². The summed E-state index contributed by atoms with van der Waals surface area (Å²) in [4.78, 5) is 19.0. The van der Waals surface area contributed by atoms with Crippen LogP contribution in [-0.2, 0) is 14.8 Å². The number of halogens is 1. The third kappa shape index (κ3) is 5.84. The van der Waals surface area contributed by atoms with Gasteiger partial charge in [0.15, 0.2) is 5.65 Å². The van der Waals surface area contributed by atoms with Crippen molar-refractivity contribution in [2.24, 2.45) is 0 Å². The van der Waals surface area contributed by atoms with E-state index in [0.717, 1.165) is 38.5 Å². The summed E-state index contributed by atoms with van der Waals surface area (Å²) in [6.07, 6.45) is 4.91. The van der Waals surface area contributed by atoms with E-state index in [-0.39, 0.29) is 11.0 Å². The minimum atomic E-state index is -3.76. The van der Waals surface area contributed by atoms with E-state index in [4.69, 9.17) is 4.74 Å². The highest BCUT2D eigenvalue weighted by Gasteiger charge is 2.27. The quantitative estimate of drug-likeness (QED) is 0.222. The van der Waals surface area contributed by atoms with E-state index in [1.54, 1.807) is 41.6 Å². The average molecular weight is 658 g/mol. The van der Waals surface area contributed by atoms with Crippen molar-refractivity contribution in [3.63, 3.8) is 0 Å². The van der Waals surface area contributed by atoms with Gasteiger partial charge in [-0.2, -0.15) is 0 Å². The molecule has 1 amide bonds. The lowest BCUT2D eigenvalue weighted by Gasteiger charge is -2.33. The third-order valence-corrected chi connectivity index (χ3v) is 9.53. The summed E-state index contributed by atoms with van der Waals surface area (Å²) in [5.41, 5.74) is 4.12. The topological polar surface area (TPSA) is 81.5 Å². The summed E-state index contributed by atoms with van der Waals surface area (Å²) < 4.78 is 34.3. The van der Waals surface area contributed by atoms with Gasteiger partial charge in [0.2, 0.25) is 0 Å². The Bertz CT molecular complexity index is 1610. The molecule has 4 aromatic rings. The van der Waals surface area contributed by atoms with Crippen LogP contribution in [0.1, 0.15) is 50.7 Å². The molecule has 1 aliphatic heterocycles. The van der Waals surface area contributed by atoms with Crippen molar-refractivity contribution in [3.8, 4) is 11.1 Å². The largest absolute Gasteiger partial charge is 0.444 e. The monoisotopic (exact) mass is 657 g/mol. The second-order valence-corrected chi connectivity index (χ2v) is 14.0. The Kier molecular flexibility index (Phi) is 7.49. The zero-order valence-electron chi connectivity index (χ0n) is 22.5. The summed E-state index contributed by atoms with van der Waals surface area (Å²) >= 11 is 2.17. The lowest BCUT2D eigenvalue weighted by atomic mass is 9.88. The minimum Gasteiger partial charge on any atom is -0.444 e. The number of carbonyl (C=O) groups is 1. The Hall–Kier alpha value is -2.92. The highest BCUT2D eigenvalue weighted by molar-refractivity contribution is 14.1. The smallest absolute Gasteiger partial charge is 0.410 e. The number of piperidine rings is 1. The van der Waals surface area contributed by atoms with Crippen molar-refractivity contribution >= 4 is 49.7 Å².